The topological polar surface area (TPSA) is 26.0 Å². The number of halogens is 1. The molecule has 18 heavy (non-hydrogen) atoms. The molecule has 1 atom stereocenters. The van der Waals surface area contributed by atoms with Crippen LogP contribution in [0.1, 0.15) is 33.9 Å². The maximum Gasteiger partial charge on any atom is 0.0557 e. The first-order valence-corrected chi connectivity index (χ1v) is 6.45. The average molecular weight is 260 g/mol. The van der Waals surface area contributed by atoms with Crippen molar-refractivity contribution in [2.75, 3.05) is 0 Å². The molecule has 2 aromatic carbocycles. The largest absolute Gasteiger partial charge is 0.320 e. The summed E-state index contributed by atoms with van der Waals surface area (Å²) in [6.45, 7) is 6.33. The van der Waals surface area contributed by atoms with E-state index in [1.807, 2.05) is 24.3 Å². The molecule has 2 heteroatoms. The van der Waals surface area contributed by atoms with Gasteiger partial charge in [0.1, 0.15) is 0 Å². The quantitative estimate of drug-likeness (QED) is 0.854. The van der Waals surface area contributed by atoms with Crippen molar-refractivity contribution in [1.82, 2.24) is 0 Å². The summed E-state index contributed by atoms with van der Waals surface area (Å²) in [6, 6.07) is 12.0. The zero-order valence-electron chi connectivity index (χ0n) is 11.0. The molecule has 0 radical (unpaired) electrons. The SMILES string of the molecule is Cc1cc(C)c(C(N)c2cccc(Cl)c2)c(C)c1. The van der Waals surface area contributed by atoms with E-state index >= 15 is 0 Å². The number of aryl methyl sites for hydroxylation is 3. The summed E-state index contributed by atoms with van der Waals surface area (Å²) in [5.41, 5.74) is 12.4. The first-order chi connectivity index (χ1) is 8.49. The Morgan fingerprint density at radius 3 is 2.17 bits per heavy atom. The molecule has 0 spiro atoms. The van der Waals surface area contributed by atoms with Gasteiger partial charge in [0.25, 0.3) is 0 Å². The van der Waals surface area contributed by atoms with Gasteiger partial charge in [-0.25, -0.2) is 0 Å². The highest BCUT2D eigenvalue weighted by Crippen LogP contribution is 2.28. The van der Waals surface area contributed by atoms with Gasteiger partial charge in [-0.3, -0.25) is 0 Å². The van der Waals surface area contributed by atoms with E-state index in [4.69, 9.17) is 17.3 Å². The fraction of sp³-hybridized carbons (Fsp3) is 0.250. The highest BCUT2D eigenvalue weighted by atomic mass is 35.5. The van der Waals surface area contributed by atoms with Crippen molar-refractivity contribution < 1.29 is 0 Å². The second-order valence-corrected chi connectivity index (χ2v) is 5.28. The third kappa shape index (κ3) is 2.58. The van der Waals surface area contributed by atoms with E-state index < -0.39 is 0 Å². The van der Waals surface area contributed by atoms with Crippen LogP contribution >= 0.6 is 11.6 Å². The van der Waals surface area contributed by atoms with Crippen LogP contribution in [0.5, 0.6) is 0 Å². The second-order valence-electron chi connectivity index (χ2n) is 4.85. The number of nitrogens with two attached hydrogens (primary N) is 1. The Morgan fingerprint density at radius 2 is 1.61 bits per heavy atom. The van der Waals surface area contributed by atoms with Crippen LogP contribution in [0.25, 0.3) is 0 Å². The van der Waals surface area contributed by atoms with E-state index in [9.17, 15) is 0 Å². The molecule has 0 aliphatic heterocycles. The van der Waals surface area contributed by atoms with Crippen LogP contribution in [0, 0.1) is 20.8 Å². The van der Waals surface area contributed by atoms with Crippen LogP contribution in [0.2, 0.25) is 5.02 Å². The highest BCUT2D eigenvalue weighted by molar-refractivity contribution is 6.30. The number of hydrogen-bond acceptors (Lipinski definition) is 1. The molecule has 0 aromatic heterocycles. The normalized spacial score (nSPS) is 12.5. The lowest BCUT2D eigenvalue weighted by atomic mass is 9.90. The van der Waals surface area contributed by atoms with Crippen molar-refractivity contribution in [2.24, 2.45) is 5.73 Å². The molecule has 0 heterocycles. The van der Waals surface area contributed by atoms with Crippen molar-refractivity contribution in [1.29, 1.82) is 0 Å². The maximum atomic E-state index is 6.38. The van der Waals surface area contributed by atoms with Gasteiger partial charge in [0, 0.05) is 5.02 Å². The van der Waals surface area contributed by atoms with Crippen LogP contribution in [0.3, 0.4) is 0 Å². The summed E-state index contributed by atoms with van der Waals surface area (Å²) in [7, 11) is 0. The summed E-state index contributed by atoms with van der Waals surface area (Å²) in [5.74, 6) is 0. The van der Waals surface area contributed by atoms with Crippen molar-refractivity contribution in [3.63, 3.8) is 0 Å². The molecular weight excluding hydrogens is 242 g/mol. The van der Waals surface area contributed by atoms with Crippen molar-refractivity contribution >= 4 is 11.6 Å². The number of benzene rings is 2. The van der Waals surface area contributed by atoms with E-state index in [-0.39, 0.29) is 6.04 Å². The first kappa shape index (κ1) is 13.1. The summed E-state index contributed by atoms with van der Waals surface area (Å²) in [4.78, 5) is 0. The van der Waals surface area contributed by atoms with E-state index in [0.29, 0.717) is 0 Å². The average Bonchev–Trinajstić information content (AvgIpc) is 2.27. The lowest BCUT2D eigenvalue weighted by Crippen LogP contribution is -2.15. The van der Waals surface area contributed by atoms with Crippen molar-refractivity contribution in [2.45, 2.75) is 26.8 Å². The third-order valence-corrected chi connectivity index (χ3v) is 3.49. The van der Waals surface area contributed by atoms with E-state index in [1.165, 1.54) is 22.3 Å². The fourth-order valence-electron chi connectivity index (χ4n) is 2.55. The molecule has 0 saturated heterocycles. The van der Waals surface area contributed by atoms with Crippen LogP contribution in [-0.4, -0.2) is 0 Å². The molecule has 0 aliphatic carbocycles. The predicted octanol–water partition coefficient (Wildman–Crippen LogP) is 4.31. The minimum Gasteiger partial charge on any atom is -0.320 e. The molecule has 2 N–H and O–H groups in total. The Bertz CT molecular complexity index is 552. The Morgan fingerprint density at radius 1 is 1.00 bits per heavy atom. The molecule has 1 unspecified atom stereocenters. The summed E-state index contributed by atoms with van der Waals surface area (Å²) in [6.07, 6.45) is 0. The molecule has 2 rings (SSSR count). The first-order valence-electron chi connectivity index (χ1n) is 6.08. The molecular formula is C16H18ClN. The van der Waals surface area contributed by atoms with E-state index in [1.54, 1.807) is 0 Å². The lowest BCUT2D eigenvalue weighted by molar-refractivity contribution is 0.850. The van der Waals surface area contributed by atoms with Gasteiger partial charge in [-0.05, 0) is 55.2 Å². The highest BCUT2D eigenvalue weighted by Gasteiger charge is 2.14. The number of rotatable bonds is 2. The maximum absolute atomic E-state index is 6.38. The Kier molecular flexibility index (Phi) is 3.74. The minimum absolute atomic E-state index is 0.121. The van der Waals surface area contributed by atoms with Gasteiger partial charge in [-0.2, -0.15) is 0 Å². The summed E-state index contributed by atoms with van der Waals surface area (Å²) in [5, 5.41) is 0.727. The van der Waals surface area contributed by atoms with Crippen molar-refractivity contribution in [3.8, 4) is 0 Å². The van der Waals surface area contributed by atoms with Gasteiger partial charge < -0.3 is 5.73 Å². The van der Waals surface area contributed by atoms with Crippen LogP contribution < -0.4 is 5.73 Å². The zero-order valence-corrected chi connectivity index (χ0v) is 11.8. The zero-order chi connectivity index (χ0) is 13.3. The molecule has 0 amide bonds. The van der Waals surface area contributed by atoms with Crippen LogP contribution in [-0.2, 0) is 0 Å². The molecule has 0 saturated carbocycles. The Balaban J connectivity index is 2.49. The third-order valence-electron chi connectivity index (χ3n) is 3.26. The van der Waals surface area contributed by atoms with Gasteiger partial charge in [-0.15, -0.1) is 0 Å². The standard InChI is InChI=1S/C16H18ClN/c1-10-7-11(2)15(12(3)8-10)16(18)13-5-4-6-14(17)9-13/h4-9,16H,18H2,1-3H3. The van der Waals surface area contributed by atoms with Gasteiger partial charge in [0.2, 0.25) is 0 Å². The van der Waals surface area contributed by atoms with Gasteiger partial charge >= 0.3 is 0 Å². The fourth-order valence-corrected chi connectivity index (χ4v) is 2.75. The monoisotopic (exact) mass is 259 g/mol. The Hall–Kier alpha value is -1.31. The number of hydrogen-bond donors (Lipinski definition) is 1. The predicted molar refractivity (Wildman–Crippen MR) is 78.1 cm³/mol. The van der Waals surface area contributed by atoms with Crippen LogP contribution in [0.4, 0.5) is 0 Å². The van der Waals surface area contributed by atoms with Gasteiger partial charge in [-0.1, -0.05) is 41.4 Å². The summed E-state index contributed by atoms with van der Waals surface area (Å²) >= 11 is 6.03. The smallest absolute Gasteiger partial charge is 0.0557 e. The molecule has 2 aromatic rings. The van der Waals surface area contributed by atoms with E-state index in [0.717, 1.165) is 10.6 Å². The second kappa shape index (κ2) is 5.13. The van der Waals surface area contributed by atoms with Crippen LogP contribution in [0.15, 0.2) is 36.4 Å². The summed E-state index contributed by atoms with van der Waals surface area (Å²) < 4.78 is 0. The molecule has 0 bridgehead atoms. The molecule has 94 valence electrons. The Labute approximate surface area is 114 Å². The minimum atomic E-state index is -0.121. The molecule has 0 aliphatic rings. The van der Waals surface area contributed by atoms with Crippen molar-refractivity contribution in [3.05, 3.63) is 69.2 Å². The molecule has 0 fully saturated rings. The van der Waals surface area contributed by atoms with E-state index in [2.05, 4.69) is 32.9 Å². The lowest BCUT2D eigenvalue weighted by Gasteiger charge is -2.19. The molecule has 1 nitrogen and oxygen atoms in total. The van der Waals surface area contributed by atoms with Gasteiger partial charge in [0.05, 0.1) is 6.04 Å². The van der Waals surface area contributed by atoms with Gasteiger partial charge in [0.15, 0.2) is 0 Å².